The molecule has 0 aliphatic rings. The highest BCUT2D eigenvalue weighted by atomic mass is 19.1. The lowest BCUT2D eigenvalue weighted by molar-refractivity contribution is -0.118. The number of rotatable bonds is 8. The predicted octanol–water partition coefficient (Wildman–Crippen LogP) is 1.96. The zero-order chi connectivity index (χ0) is 15.1. The van der Waals surface area contributed by atoms with Crippen molar-refractivity contribution in [2.45, 2.75) is 26.8 Å². The van der Waals surface area contributed by atoms with Crippen LogP contribution in [0, 0.1) is 17.6 Å². The minimum atomic E-state index is -0.782. The van der Waals surface area contributed by atoms with Gasteiger partial charge in [0, 0.05) is 6.54 Å². The monoisotopic (exact) mass is 286 g/mol. The zero-order valence-electron chi connectivity index (χ0n) is 11.7. The molecular formula is C14H20F2N2O2. The van der Waals surface area contributed by atoms with Gasteiger partial charge in [-0.15, -0.1) is 0 Å². The summed E-state index contributed by atoms with van der Waals surface area (Å²) in [4.78, 5) is 10.5. The van der Waals surface area contributed by atoms with E-state index in [0.717, 1.165) is 6.54 Å². The highest BCUT2D eigenvalue weighted by Gasteiger charge is 2.13. The molecule has 0 aromatic heterocycles. The Balaban J connectivity index is 2.63. The van der Waals surface area contributed by atoms with Crippen LogP contribution in [0.15, 0.2) is 12.1 Å². The average molecular weight is 286 g/mol. The van der Waals surface area contributed by atoms with Gasteiger partial charge in [0.25, 0.3) is 0 Å². The molecule has 0 aliphatic heterocycles. The van der Waals surface area contributed by atoms with E-state index in [2.05, 4.69) is 5.32 Å². The Morgan fingerprint density at radius 1 is 1.35 bits per heavy atom. The Morgan fingerprint density at radius 2 is 1.95 bits per heavy atom. The van der Waals surface area contributed by atoms with E-state index in [1.54, 1.807) is 0 Å². The SMILES string of the molecule is CC(C)CNCc1cc(F)c(OCCC(N)=O)c(F)c1. The normalized spacial score (nSPS) is 10.8. The summed E-state index contributed by atoms with van der Waals surface area (Å²) in [5, 5.41) is 3.10. The summed E-state index contributed by atoms with van der Waals surface area (Å²) in [7, 11) is 0. The van der Waals surface area contributed by atoms with Crippen molar-refractivity contribution in [1.29, 1.82) is 0 Å². The fourth-order valence-corrected chi connectivity index (χ4v) is 1.61. The summed E-state index contributed by atoms with van der Waals surface area (Å²) >= 11 is 0. The summed E-state index contributed by atoms with van der Waals surface area (Å²) in [6.45, 7) is 5.09. The molecule has 1 rings (SSSR count). The van der Waals surface area contributed by atoms with Gasteiger partial charge in [0.05, 0.1) is 13.0 Å². The van der Waals surface area contributed by atoms with Crippen LogP contribution in [0.25, 0.3) is 0 Å². The average Bonchev–Trinajstić information content (AvgIpc) is 2.32. The molecule has 3 N–H and O–H groups in total. The molecule has 0 fully saturated rings. The standard InChI is InChI=1S/C14H20F2N2O2/c1-9(2)7-18-8-10-5-11(15)14(12(16)6-10)20-4-3-13(17)19/h5-6,9,18H,3-4,7-8H2,1-2H3,(H2,17,19). The van der Waals surface area contributed by atoms with Gasteiger partial charge >= 0.3 is 0 Å². The lowest BCUT2D eigenvalue weighted by Crippen LogP contribution is -2.19. The van der Waals surface area contributed by atoms with Crippen molar-refractivity contribution in [3.05, 3.63) is 29.3 Å². The maximum absolute atomic E-state index is 13.7. The van der Waals surface area contributed by atoms with Gasteiger partial charge < -0.3 is 15.8 Å². The molecule has 0 saturated heterocycles. The Kier molecular flexibility index (Phi) is 6.38. The number of amides is 1. The zero-order valence-corrected chi connectivity index (χ0v) is 11.7. The summed E-state index contributed by atoms with van der Waals surface area (Å²) in [5.74, 6) is -2.16. The van der Waals surface area contributed by atoms with E-state index >= 15 is 0 Å². The number of carbonyl (C=O) groups excluding carboxylic acids is 1. The van der Waals surface area contributed by atoms with Crippen LogP contribution < -0.4 is 15.8 Å². The highest BCUT2D eigenvalue weighted by molar-refractivity contribution is 5.73. The molecule has 1 aromatic rings. The summed E-state index contributed by atoms with van der Waals surface area (Å²) < 4.78 is 32.3. The third kappa shape index (κ3) is 5.52. The Labute approximate surface area is 117 Å². The Morgan fingerprint density at radius 3 is 2.45 bits per heavy atom. The molecule has 6 heteroatoms. The van der Waals surface area contributed by atoms with Gasteiger partial charge in [0.15, 0.2) is 17.4 Å². The van der Waals surface area contributed by atoms with E-state index in [0.29, 0.717) is 18.0 Å². The van der Waals surface area contributed by atoms with Crippen LogP contribution in [0.1, 0.15) is 25.8 Å². The first-order valence-corrected chi connectivity index (χ1v) is 6.50. The lowest BCUT2D eigenvalue weighted by Gasteiger charge is -2.11. The maximum atomic E-state index is 13.7. The molecule has 0 heterocycles. The number of primary amides is 1. The van der Waals surface area contributed by atoms with Crippen LogP contribution in [-0.2, 0) is 11.3 Å². The summed E-state index contributed by atoms with van der Waals surface area (Å²) in [6.07, 6.45) is -0.0867. The van der Waals surface area contributed by atoms with Gasteiger partial charge in [-0.25, -0.2) is 8.78 Å². The number of carbonyl (C=O) groups is 1. The van der Waals surface area contributed by atoms with Crippen molar-refractivity contribution in [3.63, 3.8) is 0 Å². The molecule has 20 heavy (non-hydrogen) atoms. The second kappa shape index (κ2) is 7.79. The summed E-state index contributed by atoms with van der Waals surface area (Å²) in [6, 6.07) is 2.44. The molecule has 0 radical (unpaired) electrons. The van der Waals surface area contributed by atoms with E-state index in [-0.39, 0.29) is 13.0 Å². The van der Waals surface area contributed by atoms with Crippen LogP contribution in [0.3, 0.4) is 0 Å². The van der Waals surface area contributed by atoms with E-state index in [9.17, 15) is 13.6 Å². The van der Waals surface area contributed by atoms with Crippen LogP contribution in [0.5, 0.6) is 5.75 Å². The van der Waals surface area contributed by atoms with Gasteiger partial charge in [0.2, 0.25) is 5.91 Å². The second-order valence-electron chi connectivity index (χ2n) is 4.98. The van der Waals surface area contributed by atoms with Crippen molar-refractivity contribution >= 4 is 5.91 Å². The van der Waals surface area contributed by atoms with Crippen LogP contribution in [0.2, 0.25) is 0 Å². The quantitative estimate of drug-likeness (QED) is 0.768. The first kappa shape index (κ1) is 16.4. The minimum Gasteiger partial charge on any atom is -0.487 e. The number of halogens is 2. The molecular weight excluding hydrogens is 266 g/mol. The topological polar surface area (TPSA) is 64.3 Å². The van der Waals surface area contributed by atoms with Crippen LogP contribution in [0.4, 0.5) is 8.78 Å². The number of nitrogens with two attached hydrogens (primary N) is 1. The van der Waals surface area contributed by atoms with Crippen LogP contribution in [-0.4, -0.2) is 19.1 Å². The molecule has 0 atom stereocenters. The fourth-order valence-electron chi connectivity index (χ4n) is 1.61. The van der Waals surface area contributed by atoms with E-state index in [1.807, 2.05) is 13.8 Å². The molecule has 4 nitrogen and oxygen atoms in total. The van der Waals surface area contributed by atoms with Gasteiger partial charge in [-0.1, -0.05) is 13.8 Å². The largest absolute Gasteiger partial charge is 0.487 e. The number of benzene rings is 1. The van der Waals surface area contributed by atoms with Crippen molar-refractivity contribution < 1.29 is 18.3 Å². The Hall–Kier alpha value is -1.69. The fraction of sp³-hybridized carbons (Fsp3) is 0.500. The van der Waals surface area contributed by atoms with E-state index in [1.165, 1.54) is 12.1 Å². The second-order valence-corrected chi connectivity index (χ2v) is 4.98. The third-order valence-electron chi connectivity index (χ3n) is 2.53. The first-order valence-electron chi connectivity index (χ1n) is 6.50. The number of hydrogen-bond donors (Lipinski definition) is 2. The highest BCUT2D eigenvalue weighted by Crippen LogP contribution is 2.23. The molecule has 112 valence electrons. The van der Waals surface area contributed by atoms with Crippen molar-refractivity contribution in [3.8, 4) is 5.75 Å². The van der Waals surface area contributed by atoms with Crippen molar-refractivity contribution in [2.75, 3.05) is 13.2 Å². The first-order chi connectivity index (χ1) is 9.40. The number of ether oxygens (including phenoxy) is 1. The molecule has 0 unspecified atom stereocenters. The van der Waals surface area contributed by atoms with Gasteiger partial charge in [-0.2, -0.15) is 0 Å². The molecule has 1 amide bonds. The van der Waals surface area contributed by atoms with Gasteiger partial charge in [0.1, 0.15) is 0 Å². The predicted molar refractivity (Wildman–Crippen MR) is 72.2 cm³/mol. The number of hydrogen-bond acceptors (Lipinski definition) is 3. The molecule has 0 bridgehead atoms. The van der Waals surface area contributed by atoms with Crippen molar-refractivity contribution in [2.24, 2.45) is 11.7 Å². The molecule has 0 saturated carbocycles. The maximum Gasteiger partial charge on any atom is 0.220 e. The number of nitrogens with one attached hydrogen (secondary N) is 1. The third-order valence-corrected chi connectivity index (χ3v) is 2.53. The van der Waals surface area contributed by atoms with Crippen molar-refractivity contribution in [1.82, 2.24) is 5.32 Å². The lowest BCUT2D eigenvalue weighted by atomic mass is 10.1. The van der Waals surface area contributed by atoms with E-state index in [4.69, 9.17) is 10.5 Å². The summed E-state index contributed by atoms with van der Waals surface area (Å²) in [5.41, 5.74) is 5.42. The molecule has 0 aliphatic carbocycles. The Bertz CT molecular complexity index is 441. The minimum absolute atomic E-state index is 0.0867. The van der Waals surface area contributed by atoms with Gasteiger partial charge in [-0.05, 0) is 30.2 Å². The van der Waals surface area contributed by atoms with Crippen LogP contribution >= 0.6 is 0 Å². The van der Waals surface area contributed by atoms with Gasteiger partial charge in [-0.3, -0.25) is 4.79 Å². The molecule has 1 aromatic carbocycles. The smallest absolute Gasteiger partial charge is 0.220 e. The van der Waals surface area contributed by atoms with E-state index < -0.39 is 23.3 Å². The molecule has 0 spiro atoms.